The van der Waals surface area contributed by atoms with Crippen LogP contribution in [0.4, 0.5) is 0 Å². The van der Waals surface area contributed by atoms with Crippen molar-refractivity contribution in [1.29, 1.82) is 0 Å². The molecule has 5 N–H and O–H groups in total. The van der Waals surface area contributed by atoms with Gasteiger partial charge < -0.3 is 0 Å². The SMILES string of the molecule is NNC(=O)CCC(=O)N(N)C(Cl)C(=O)c1ccccc1. The summed E-state index contributed by atoms with van der Waals surface area (Å²) in [5, 5.41) is 0.612. The molecule has 2 amide bonds. The number of carbonyl (C=O) groups is 3. The van der Waals surface area contributed by atoms with E-state index in [2.05, 4.69) is 0 Å². The van der Waals surface area contributed by atoms with Crippen molar-refractivity contribution in [3.63, 3.8) is 0 Å². The molecule has 1 unspecified atom stereocenters. The van der Waals surface area contributed by atoms with Gasteiger partial charge >= 0.3 is 0 Å². The maximum atomic E-state index is 12.0. The molecule has 0 aliphatic heterocycles. The Morgan fingerprint density at radius 2 is 1.80 bits per heavy atom. The molecule has 0 aromatic heterocycles. The summed E-state index contributed by atoms with van der Waals surface area (Å²) < 4.78 is 0. The van der Waals surface area contributed by atoms with Crippen molar-refractivity contribution >= 4 is 29.2 Å². The third-order valence-corrected chi connectivity index (χ3v) is 2.94. The van der Waals surface area contributed by atoms with E-state index in [0.29, 0.717) is 10.6 Å². The molecule has 0 radical (unpaired) electrons. The van der Waals surface area contributed by atoms with Gasteiger partial charge in [-0.25, -0.2) is 11.7 Å². The molecule has 0 heterocycles. The van der Waals surface area contributed by atoms with Crippen LogP contribution in [0.1, 0.15) is 23.2 Å². The Hall–Kier alpha value is -1.96. The van der Waals surface area contributed by atoms with Crippen LogP contribution < -0.4 is 17.1 Å². The van der Waals surface area contributed by atoms with Crippen molar-refractivity contribution in [2.75, 3.05) is 0 Å². The zero-order valence-corrected chi connectivity index (χ0v) is 11.3. The van der Waals surface area contributed by atoms with Gasteiger partial charge in [0.15, 0.2) is 5.50 Å². The van der Waals surface area contributed by atoms with E-state index in [1.807, 2.05) is 5.43 Å². The first-order valence-electron chi connectivity index (χ1n) is 5.77. The first kappa shape index (κ1) is 16.1. The quantitative estimate of drug-likeness (QED) is 0.169. The maximum Gasteiger partial charge on any atom is 0.238 e. The first-order chi connectivity index (χ1) is 9.47. The minimum atomic E-state index is -1.33. The average molecular weight is 299 g/mol. The third-order valence-electron chi connectivity index (χ3n) is 2.53. The van der Waals surface area contributed by atoms with Crippen LogP contribution in [0.25, 0.3) is 0 Å². The molecule has 0 fully saturated rings. The number of amides is 2. The molecule has 1 aromatic rings. The molecule has 0 aliphatic carbocycles. The number of Topliss-reactive ketones (excluding diaryl/α,β-unsaturated/α-hetero) is 1. The van der Waals surface area contributed by atoms with E-state index in [4.69, 9.17) is 23.3 Å². The molecule has 20 heavy (non-hydrogen) atoms. The number of hydrazine groups is 2. The zero-order valence-electron chi connectivity index (χ0n) is 10.6. The minimum Gasteiger partial charge on any atom is -0.294 e. The molecule has 1 aromatic carbocycles. The van der Waals surface area contributed by atoms with Crippen molar-refractivity contribution in [2.24, 2.45) is 11.7 Å². The first-order valence-corrected chi connectivity index (χ1v) is 6.20. The Bertz CT molecular complexity index is 495. The lowest BCUT2D eigenvalue weighted by molar-refractivity contribution is -0.134. The molecule has 1 rings (SSSR count). The number of nitrogens with two attached hydrogens (primary N) is 2. The summed E-state index contributed by atoms with van der Waals surface area (Å²) >= 11 is 5.87. The fourth-order valence-corrected chi connectivity index (χ4v) is 1.65. The number of halogens is 1. The number of benzene rings is 1. The standard InChI is InChI=1S/C12H15ClN4O3/c13-12(11(20)8-4-2-1-3-5-8)17(15)10(19)7-6-9(18)16-14/h1-5,12H,6-7,14-15H2,(H,16,18). The van der Waals surface area contributed by atoms with Crippen LogP contribution in [0.5, 0.6) is 0 Å². The number of ketones is 1. The van der Waals surface area contributed by atoms with Crippen molar-refractivity contribution in [2.45, 2.75) is 18.3 Å². The fourth-order valence-electron chi connectivity index (χ4n) is 1.41. The van der Waals surface area contributed by atoms with Gasteiger partial charge in [0.25, 0.3) is 0 Å². The minimum absolute atomic E-state index is 0.133. The highest BCUT2D eigenvalue weighted by Crippen LogP contribution is 2.11. The van der Waals surface area contributed by atoms with E-state index in [1.165, 1.54) is 0 Å². The van der Waals surface area contributed by atoms with Crippen LogP contribution in [0.3, 0.4) is 0 Å². The highest BCUT2D eigenvalue weighted by molar-refractivity contribution is 6.34. The second-order valence-corrected chi connectivity index (χ2v) is 4.35. The topological polar surface area (TPSA) is 119 Å². The predicted octanol–water partition coefficient (Wildman–Crippen LogP) is -0.0934. The largest absolute Gasteiger partial charge is 0.294 e. The number of nitrogens with one attached hydrogen (secondary N) is 1. The van der Waals surface area contributed by atoms with Crippen LogP contribution >= 0.6 is 11.6 Å². The molecular formula is C12H15ClN4O3. The number of rotatable bonds is 6. The van der Waals surface area contributed by atoms with Crippen molar-refractivity contribution in [1.82, 2.24) is 10.4 Å². The molecule has 0 spiro atoms. The highest BCUT2D eigenvalue weighted by Gasteiger charge is 2.26. The van der Waals surface area contributed by atoms with Gasteiger partial charge in [-0.3, -0.25) is 24.8 Å². The summed E-state index contributed by atoms with van der Waals surface area (Å²) in [6.45, 7) is 0. The molecule has 0 bridgehead atoms. The van der Waals surface area contributed by atoms with Gasteiger partial charge in [-0.2, -0.15) is 0 Å². The lowest BCUT2D eigenvalue weighted by Gasteiger charge is -2.21. The number of alkyl halides is 1. The number of hydrogen-bond donors (Lipinski definition) is 3. The Balaban J connectivity index is 2.62. The summed E-state index contributed by atoms with van der Waals surface area (Å²) in [7, 11) is 0. The second-order valence-electron chi connectivity index (χ2n) is 3.93. The zero-order chi connectivity index (χ0) is 15.1. The predicted molar refractivity (Wildman–Crippen MR) is 73.0 cm³/mol. The van der Waals surface area contributed by atoms with Gasteiger partial charge in [0.1, 0.15) is 0 Å². The van der Waals surface area contributed by atoms with Crippen molar-refractivity contribution in [3.8, 4) is 0 Å². The number of nitrogens with zero attached hydrogens (tertiary/aromatic N) is 1. The van der Waals surface area contributed by atoms with E-state index in [1.54, 1.807) is 30.3 Å². The van der Waals surface area contributed by atoms with E-state index in [0.717, 1.165) is 0 Å². The van der Waals surface area contributed by atoms with E-state index >= 15 is 0 Å². The fraction of sp³-hybridized carbons (Fsp3) is 0.250. The molecule has 0 aliphatic rings. The summed E-state index contributed by atoms with van der Waals surface area (Å²) in [5.41, 5.74) is 0.902. The third kappa shape index (κ3) is 4.30. The van der Waals surface area contributed by atoms with Gasteiger partial charge in [0, 0.05) is 18.4 Å². The van der Waals surface area contributed by atoms with Crippen LogP contribution in [-0.2, 0) is 9.59 Å². The maximum absolute atomic E-state index is 12.0. The lowest BCUT2D eigenvalue weighted by atomic mass is 10.1. The molecule has 0 saturated carbocycles. The molecule has 7 nitrogen and oxygen atoms in total. The Morgan fingerprint density at radius 3 is 2.35 bits per heavy atom. The van der Waals surface area contributed by atoms with Gasteiger partial charge in [-0.15, -0.1) is 0 Å². The Morgan fingerprint density at radius 1 is 1.20 bits per heavy atom. The summed E-state index contributed by atoms with van der Waals surface area (Å²) in [6.07, 6.45) is -0.322. The van der Waals surface area contributed by atoms with Gasteiger partial charge in [0.2, 0.25) is 17.6 Å². The van der Waals surface area contributed by atoms with Crippen molar-refractivity contribution in [3.05, 3.63) is 35.9 Å². The van der Waals surface area contributed by atoms with Gasteiger partial charge in [-0.05, 0) is 0 Å². The summed E-state index contributed by atoms with van der Waals surface area (Å²) in [6, 6.07) is 8.23. The molecule has 108 valence electrons. The van der Waals surface area contributed by atoms with E-state index < -0.39 is 23.1 Å². The molecular weight excluding hydrogens is 284 g/mol. The van der Waals surface area contributed by atoms with Gasteiger partial charge in [0.05, 0.1) is 0 Å². The highest BCUT2D eigenvalue weighted by atomic mass is 35.5. The lowest BCUT2D eigenvalue weighted by Crippen LogP contribution is -2.47. The van der Waals surface area contributed by atoms with E-state index in [9.17, 15) is 14.4 Å². The average Bonchev–Trinajstić information content (AvgIpc) is 2.50. The molecule has 8 heteroatoms. The van der Waals surface area contributed by atoms with Crippen molar-refractivity contribution < 1.29 is 14.4 Å². The smallest absolute Gasteiger partial charge is 0.238 e. The molecule has 1 atom stereocenters. The van der Waals surface area contributed by atoms with Crippen LogP contribution in [0, 0.1) is 0 Å². The van der Waals surface area contributed by atoms with E-state index in [-0.39, 0.29) is 12.8 Å². The number of hydrogen-bond acceptors (Lipinski definition) is 5. The Labute approximate surface area is 120 Å². The van der Waals surface area contributed by atoms with Gasteiger partial charge in [-0.1, -0.05) is 41.9 Å². The normalized spacial score (nSPS) is 11.6. The second kappa shape index (κ2) is 7.59. The Kier molecular flexibility index (Phi) is 6.10. The number of carbonyl (C=O) groups excluding carboxylic acids is 3. The van der Waals surface area contributed by atoms with Crippen LogP contribution in [0.2, 0.25) is 0 Å². The summed E-state index contributed by atoms with van der Waals surface area (Å²) in [4.78, 5) is 34.6. The monoisotopic (exact) mass is 298 g/mol. The summed E-state index contributed by atoms with van der Waals surface area (Å²) in [5.74, 6) is 8.75. The molecule has 0 saturated heterocycles. The van der Waals surface area contributed by atoms with Crippen LogP contribution in [0.15, 0.2) is 30.3 Å². The van der Waals surface area contributed by atoms with Crippen LogP contribution in [-0.4, -0.2) is 28.1 Å².